The van der Waals surface area contributed by atoms with Gasteiger partial charge in [-0.1, -0.05) is 30.3 Å². The van der Waals surface area contributed by atoms with Crippen molar-refractivity contribution in [2.24, 2.45) is 0 Å². The molecule has 0 atom stereocenters. The maximum atomic E-state index is 12.1. The summed E-state index contributed by atoms with van der Waals surface area (Å²) in [7, 11) is 0. The maximum absolute atomic E-state index is 12.1. The number of ether oxygens (including phenoxy) is 1. The van der Waals surface area contributed by atoms with Crippen molar-refractivity contribution in [3.8, 4) is 22.4 Å². The Labute approximate surface area is 168 Å². The topological polar surface area (TPSA) is 94.3 Å². The number of benzene rings is 2. The second-order valence-corrected chi connectivity index (χ2v) is 6.81. The van der Waals surface area contributed by atoms with Crippen LogP contribution < -0.4 is 11.1 Å². The summed E-state index contributed by atoms with van der Waals surface area (Å²) in [4.78, 5) is 28.8. The number of hydrogen-bond acceptors (Lipinski definition) is 5. The fourth-order valence-electron chi connectivity index (χ4n) is 3.49. The lowest BCUT2D eigenvalue weighted by molar-refractivity contribution is 0.0526. The van der Waals surface area contributed by atoms with E-state index in [1.54, 1.807) is 19.1 Å². The van der Waals surface area contributed by atoms with Crippen molar-refractivity contribution in [3.05, 3.63) is 71.4 Å². The van der Waals surface area contributed by atoms with Gasteiger partial charge in [0.05, 0.1) is 29.1 Å². The molecule has 146 valence electrons. The Morgan fingerprint density at radius 3 is 2.62 bits per heavy atom. The molecule has 0 unspecified atom stereocenters. The molecule has 29 heavy (non-hydrogen) atoms. The third-order valence-electron chi connectivity index (χ3n) is 4.86. The lowest BCUT2D eigenvalue weighted by Crippen LogP contribution is -2.33. The molecule has 2 heterocycles. The van der Waals surface area contributed by atoms with Crippen molar-refractivity contribution in [2.45, 2.75) is 13.3 Å². The van der Waals surface area contributed by atoms with Gasteiger partial charge in [0.2, 0.25) is 0 Å². The van der Waals surface area contributed by atoms with Crippen molar-refractivity contribution in [2.75, 3.05) is 18.9 Å². The molecular weight excluding hydrogens is 366 g/mol. The van der Waals surface area contributed by atoms with Gasteiger partial charge in [0.25, 0.3) is 5.91 Å². The van der Waals surface area contributed by atoms with E-state index in [1.165, 1.54) is 0 Å². The van der Waals surface area contributed by atoms with E-state index in [9.17, 15) is 9.59 Å². The highest BCUT2D eigenvalue weighted by Crippen LogP contribution is 2.29. The number of aromatic nitrogens is 1. The summed E-state index contributed by atoms with van der Waals surface area (Å²) in [6, 6.07) is 16.9. The first-order valence-corrected chi connectivity index (χ1v) is 9.52. The van der Waals surface area contributed by atoms with Crippen LogP contribution in [0.2, 0.25) is 0 Å². The summed E-state index contributed by atoms with van der Waals surface area (Å²) < 4.78 is 5.09. The van der Waals surface area contributed by atoms with E-state index >= 15 is 0 Å². The Balaban J connectivity index is 1.72. The van der Waals surface area contributed by atoms with Crippen LogP contribution in [-0.4, -0.2) is 30.0 Å². The number of pyridine rings is 1. The molecule has 1 aromatic heterocycles. The van der Waals surface area contributed by atoms with Crippen molar-refractivity contribution in [1.82, 2.24) is 10.3 Å². The molecule has 1 aliphatic rings. The van der Waals surface area contributed by atoms with E-state index in [0.717, 1.165) is 28.1 Å². The summed E-state index contributed by atoms with van der Waals surface area (Å²) in [5.74, 6) is -0.514. The molecule has 0 saturated carbocycles. The minimum Gasteiger partial charge on any atom is -0.462 e. The number of carbonyl (C=O) groups is 2. The Bertz CT molecular complexity index is 1110. The summed E-state index contributed by atoms with van der Waals surface area (Å²) >= 11 is 0. The van der Waals surface area contributed by atoms with E-state index in [1.807, 2.05) is 42.5 Å². The minimum atomic E-state index is -0.340. The number of carbonyl (C=O) groups excluding carboxylic acids is 2. The minimum absolute atomic E-state index is 0.174. The molecule has 0 spiro atoms. The fraction of sp³-hybridized carbons (Fsp3) is 0.174. The zero-order chi connectivity index (χ0) is 20.4. The maximum Gasteiger partial charge on any atom is 0.338 e. The second-order valence-electron chi connectivity index (χ2n) is 6.81. The van der Waals surface area contributed by atoms with Gasteiger partial charge in [0, 0.05) is 24.2 Å². The number of hydrogen-bond donors (Lipinski definition) is 2. The number of amides is 1. The van der Waals surface area contributed by atoms with Gasteiger partial charge in [-0.15, -0.1) is 0 Å². The summed E-state index contributed by atoms with van der Waals surface area (Å²) in [6.07, 6.45) is 0.653. The molecule has 0 aliphatic carbocycles. The number of nitrogens with one attached hydrogen (secondary N) is 1. The summed E-state index contributed by atoms with van der Waals surface area (Å²) in [5.41, 5.74) is 11.7. The third-order valence-corrected chi connectivity index (χ3v) is 4.86. The van der Waals surface area contributed by atoms with Crippen molar-refractivity contribution < 1.29 is 14.3 Å². The van der Waals surface area contributed by atoms with E-state index in [0.29, 0.717) is 36.4 Å². The molecule has 6 nitrogen and oxygen atoms in total. The molecule has 2 aromatic carbocycles. The Kier molecular flexibility index (Phi) is 4.99. The van der Waals surface area contributed by atoms with Crippen LogP contribution in [0.3, 0.4) is 0 Å². The first-order chi connectivity index (χ1) is 14.1. The van der Waals surface area contributed by atoms with E-state index < -0.39 is 0 Å². The normalized spacial score (nSPS) is 12.8. The molecule has 0 saturated heterocycles. The molecule has 0 fully saturated rings. The number of anilines is 1. The zero-order valence-corrected chi connectivity index (χ0v) is 16.1. The smallest absolute Gasteiger partial charge is 0.338 e. The van der Waals surface area contributed by atoms with Crippen LogP contribution in [0.15, 0.2) is 54.6 Å². The van der Waals surface area contributed by atoms with E-state index in [-0.39, 0.29) is 11.9 Å². The quantitative estimate of drug-likeness (QED) is 0.669. The lowest BCUT2D eigenvalue weighted by Gasteiger charge is -2.18. The number of rotatable bonds is 4. The monoisotopic (exact) mass is 387 g/mol. The highest BCUT2D eigenvalue weighted by atomic mass is 16.5. The van der Waals surface area contributed by atoms with Crippen molar-refractivity contribution in [1.29, 1.82) is 0 Å². The molecule has 6 heteroatoms. The van der Waals surface area contributed by atoms with Gasteiger partial charge in [-0.2, -0.15) is 0 Å². The summed E-state index contributed by atoms with van der Waals surface area (Å²) in [5, 5.41) is 2.80. The van der Waals surface area contributed by atoms with Gasteiger partial charge in [0.1, 0.15) is 0 Å². The van der Waals surface area contributed by atoms with E-state index in [4.69, 9.17) is 10.5 Å². The van der Waals surface area contributed by atoms with Gasteiger partial charge in [0.15, 0.2) is 0 Å². The van der Waals surface area contributed by atoms with Crippen LogP contribution in [-0.2, 0) is 11.2 Å². The molecular formula is C23H21N3O3. The predicted molar refractivity (Wildman–Crippen MR) is 112 cm³/mol. The lowest BCUT2D eigenvalue weighted by atomic mass is 9.98. The Hall–Kier alpha value is -3.67. The van der Waals surface area contributed by atoms with Gasteiger partial charge in [-0.25, -0.2) is 4.79 Å². The molecule has 1 aliphatic heterocycles. The predicted octanol–water partition coefficient (Wildman–Crippen LogP) is 3.46. The number of esters is 1. The van der Waals surface area contributed by atoms with Crippen LogP contribution in [0.5, 0.6) is 0 Å². The van der Waals surface area contributed by atoms with Crippen LogP contribution in [0.1, 0.15) is 33.3 Å². The van der Waals surface area contributed by atoms with Crippen LogP contribution in [0.4, 0.5) is 5.69 Å². The molecule has 4 rings (SSSR count). The van der Waals surface area contributed by atoms with Crippen LogP contribution >= 0.6 is 0 Å². The largest absolute Gasteiger partial charge is 0.462 e. The molecule has 3 N–H and O–H groups in total. The summed E-state index contributed by atoms with van der Waals surface area (Å²) in [6.45, 7) is 2.68. The first-order valence-electron chi connectivity index (χ1n) is 9.52. The van der Waals surface area contributed by atoms with Gasteiger partial charge < -0.3 is 15.8 Å². The number of nitrogens with zero attached hydrogens (tertiary/aromatic N) is 1. The molecule has 0 bridgehead atoms. The third kappa shape index (κ3) is 3.69. The fourth-order valence-corrected chi connectivity index (χ4v) is 3.49. The Morgan fingerprint density at radius 2 is 1.83 bits per heavy atom. The number of nitrogens with two attached hydrogens (primary N) is 1. The number of fused-ring (bicyclic) bond motifs is 1. The molecule has 1 amide bonds. The highest BCUT2D eigenvalue weighted by molar-refractivity contribution is 6.01. The first kappa shape index (κ1) is 18.7. The van der Waals surface area contributed by atoms with Gasteiger partial charge >= 0.3 is 5.97 Å². The number of nitrogen functional groups attached to an aromatic ring is 1. The van der Waals surface area contributed by atoms with Crippen LogP contribution in [0, 0.1) is 0 Å². The second kappa shape index (κ2) is 7.75. The average molecular weight is 387 g/mol. The van der Waals surface area contributed by atoms with Crippen molar-refractivity contribution in [3.63, 3.8) is 0 Å². The highest BCUT2D eigenvalue weighted by Gasteiger charge is 2.22. The SMILES string of the molecule is CCOC(=O)c1cccc(-c2cccc(-c3cc(N)c4c(n3)CCNC4=O)c2)c1. The van der Waals surface area contributed by atoms with Crippen molar-refractivity contribution >= 4 is 17.6 Å². The Morgan fingerprint density at radius 1 is 1.10 bits per heavy atom. The zero-order valence-electron chi connectivity index (χ0n) is 16.1. The van der Waals surface area contributed by atoms with Gasteiger partial charge in [-0.3, -0.25) is 9.78 Å². The van der Waals surface area contributed by atoms with E-state index in [2.05, 4.69) is 10.3 Å². The van der Waals surface area contributed by atoms with Gasteiger partial charge in [-0.05, 0) is 42.3 Å². The molecule has 0 radical (unpaired) electrons. The average Bonchev–Trinajstić information content (AvgIpc) is 2.74. The molecule has 3 aromatic rings. The van der Waals surface area contributed by atoms with Crippen LogP contribution in [0.25, 0.3) is 22.4 Å². The standard InChI is InChI=1S/C23H21N3O3/c1-2-29-23(28)17-8-4-6-15(12-17)14-5-3-7-16(11-14)20-13-18(24)21-19(26-20)9-10-25-22(21)27/h3-8,11-13H,2,9-10H2,1H3,(H2,24,26)(H,25,27).